The summed E-state index contributed by atoms with van der Waals surface area (Å²) in [4.78, 5) is 0. The minimum absolute atomic E-state index is 0.0986. The highest BCUT2D eigenvalue weighted by Gasteiger charge is 2.40. The molecule has 42 heavy (non-hydrogen) atoms. The van der Waals surface area contributed by atoms with E-state index >= 15 is 0 Å². The van der Waals surface area contributed by atoms with Gasteiger partial charge >= 0.3 is 0 Å². The van der Waals surface area contributed by atoms with Crippen molar-refractivity contribution in [2.75, 3.05) is 0 Å². The summed E-state index contributed by atoms with van der Waals surface area (Å²) in [6.07, 6.45) is 0. The fourth-order valence-electron chi connectivity index (χ4n) is 8.31. The maximum absolute atomic E-state index is 6.56. The first-order chi connectivity index (χ1) is 20.7. The Kier molecular flexibility index (Phi) is 3.64. The quantitative estimate of drug-likeness (QED) is 0.183. The van der Waals surface area contributed by atoms with Gasteiger partial charge in [0.1, 0.15) is 22.3 Å². The van der Waals surface area contributed by atoms with E-state index in [4.69, 9.17) is 8.83 Å². The number of furan rings is 2. The fourth-order valence-corrected chi connectivity index (χ4v) is 8.31. The SMILES string of the molecule is Cc1cc2c3c(c1)-c1cccc4c1c(cc1c5ccccc5oc41)B3c1cc3c4ccccc4oc3c3cccc-2c13. The lowest BCUT2D eigenvalue weighted by Gasteiger charge is -2.34. The predicted octanol–water partition coefficient (Wildman–Crippen LogP) is 8.58. The molecule has 2 aliphatic heterocycles. The minimum atomic E-state index is 0.0986. The van der Waals surface area contributed by atoms with Crippen LogP contribution >= 0.6 is 0 Å². The van der Waals surface area contributed by atoms with Crippen molar-refractivity contribution in [2.24, 2.45) is 0 Å². The van der Waals surface area contributed by atoms with E-state index in [1.54, 1.807) is 0 Å². The Morgan fingerprint density at radius 2 is 0.929 bits per heavy atom. The van der Waals surface area contributed by atoms with Gasteiger partial charge in [0.15, 0.2) is 0 Å². The molecule has 0 spiro atoms. The molecule has 2 aromatic heterocycles. The average Bonchev–Trinajstić information content (AvgIpc) is 3.59. The van der Waals surface area contributed by atoms with Crippen LogP contribution in [-0.2, 0) is 0 Å². The Balaban J connectivity index is 1.40. The van der Waals surface area contributed by atoms with E-state index in [0.717, 1.165) is 22.3 Å². The van der Waals surface area contributed by atoms with Crippen molar-refractivity contribution in [3.8, 4) is 22.3 Å². The van der Waals surface area contributed by atoms with Crippen LogP contribution in [0.4, 0.5) is 0 Å². The van der Waals surface area contributed by atoms with Gasteiger partial charge < -0.3 is 8.83 Å². The molecule has 3 heteroatoms. The van der Waals surface area contributed by atoms with Crippen LogP contribution < -0.4 is 16.4 Å². The van der Waals surface area contributed by atoms with Gasteiger partial charge in [-0.05, 0) is 57.6 Å². The number of fused-ring (bicyclic) bond motifs is 12. The topological polar surface area (TPSA) is 26.3 Å². The fraction of sp³-hybridized carbons (Fsp3) is 0.0256. The zero-order valence-corrected chi connectivity index (χ0v) is 22.8. The van der Waals surface area contributed by atoms with Gasteiger partial charge in [-0.2, -0.15) is 0 Å². The highest BCUT2D eigenvalue weighted by atomic mass is 16.3. The summed E-state index contributed by atoms with van der Waals surface area (Å²) in [6.45, 7) is 2.32. The lowest BCUT2D eigenvalue weighted by Crippen LogP contribution is -2.57. The van der Waals surface area contributed by atoms with Crippen molar-refractivity contribution >= 4 is 88.5 Å². The molecule has 0 saturated heterocycles. The van der Waals surface area contributed by atoms with Gasteiger partial charge in [0.25, 0.3) is 0 Å². The number of hydrogen-bond acceptors (Lipinski definition) is 2. The second-order valence-electron chi connectivity index (χ2n) is 12.0. The molecule has 9 aromatic rings. The summed E-state index contributed by atoms with van der Waals surface area (Å²) >= 11 is 0. The predicted molar refractivity (Wildman–Crippen MR) is 176 cm³/mol. The second-order valence-corrected chi connectivity index (χ2v) is 12.0. The molecule has 2 aliphatic rings. The van der Waals surface area contributed by atoms with E-state index in [-0.39, 0.29) is 6.71 Å². The van der Waals surface area contributed by atoms with Gasteiger partial charge in [-0.15, -0.1) is 0 Å². The van der Waals surface area contributed by atoms with E-state index in [9.17, 15) is 0 Å². The van der Waals surface area contributed by atoms with Crippen LogP contribution in [0.1, 0.15) is 5.56 Å². The maximum atomic E-state index is 6.56. The summed E-state index contributed by atoms with van der Waals surface area (Å²) in [5.41, 5.74) is 14.5. The minimum Gasteiger partial charge on any atom is -0.455 e. The zero-order chi connectivity index (χ0) is 27.3. The number of aryl methyl sites for hydroxylation is 1. The number of benzene rings is 7. The van der Waals surface area contributed by atoms with Crippen molar-refractivity contribution in [2.45, 2.75) is 6.92 Å². The largest absolute Gasteiger partial charge is 0.455 e. The van der Waals surface area contributed by atoms with E-state index in [1.165, 1.54) is 87.3 Å². The molecule has 0 aliphatic carbocycles. The van der Waals surface area contributed by atoms with Crippen LogP contribution in [0.15, 0.2) is 118 Å². The molecule has 0 atom stereocenters. The third kappa shape index (κ3) is 2.38. The lowest BCUT2D eigenvalue weighted by molar-refractivity contribution is 0.672. The standard InChI is InChI=1S/C39H21BO2/c1-20-16-27-23-10-6-12-25-35(23)31(18-29-21-8-2-4-14-33(21)41-38(25)29)40-32-19-30-22-9-3-5-15-34(22)42-39(30)26-13-7-11-24(36(26)32)28(17-20)37(27)40/h2-19H,1H3. The van der Waals surface area contributed by atoms with Gasteiger partial charge in [-0.3, -0.25) is 0 Å². The lowest BCUT2D eigenvalue weighted by atomic mass is 9.31. The molecule has 0 fully saturated rings. The van der Waals surface area contributed by atoms with Crippen LogP contribution in [0, 0.1) is 6.92 Å². The van der Waals surface area contributed by atoms with Crippen molar-refractivity contribution in [1.82, 2.24) is 0 Å². The van der Waals surface area contributed by atoms with E-state index in [2.05, 4.69) is 116 Å². The molecule has 0 bridgehead atoms. The number of hydrogen-bond donors (Lipinski definition) is 0. The molecule has 192 valence electrons. The molecular formula is C39H21BO2. The smallest absolute Gasteiger partial charge is 0.244 e. The van der Waals surface area contributed by atoms with Crippen LogP contribution in [-0.4, -0.2) is 6.71 Å². The molecular weight excluding hydrogens is 511 g/mol. The number of rotatable bonds is 0. The van der Waals surface area contributed by atoms with Crippen LogP contribution in [0.3, 0.4) is 0 Å². The molecule has 0 unspecified atom stereocenters. The van der Waals surface area contributed by atoms with Gasteiger partial charge in [0.2, 0.25) is 6.71 Å². The van der Waals surface area contributed by atoms with Crippen molar-refractivity contribution in [3.05, 3.63) is 115 Å². The highest BCUT2D eigenvalue weighted by Crippen LogP contribution is 2.44. The Morgan fingerprint density at radius 1 is 0.452 bits per heavy atom. The van der Waals surface area contributed by atoms with Crippen LogP contribution in [0.5, 0.6) is 0 Å². The van der Waals surface area contributed by atoms with Crippen LogP contribution in [0.2, 0.25) is 0 Å². The van der Waals surface area contributed by atoms with E-state index < -0.39 is 0 Å². The first kappa shape index (κ1) is 21.5. The highest BCUT2D eigenvalue weighted by molar-refractivity contribution is 7.01. The Hall–Kier alpha value is -5.28. The summed E-state index contributed by atoms with van der Waals surface area (Å²) < 4.78 is 13.1. The number of para-hydroxylation sites is 2. The molecule has 0 amide bonds. The summed E-state index contributed by atoms with van der Waals surface area (Å²) in [6, 6.07) is 40.0. The van der Waals surface area contributed by atoms with Gasteiger partial charge in [-0.1, -0.05) is 113 Å². The normalized spacial score (nSPS) is 13.3. The third-order valence-corrected chi connectivity index (χ3v) is 9.88. The molecule has 0 N–H and O–H groups in total. The van der Waals surface area contributed by atoms with Gasteiger partial charge in [-0.25, -0.2) is 0 Å². The molecule has 2 nitrogen and oxygen atoms in total. The molecule has 0 saturated carbocycles. The van der Waals surface area contributed by atoms with E-state index in [1.807, 2.05) is 0 Å². The average molecular weight is 532 g/mol. The Labute approximate surface area is 240 Å². The Morgan fingerprint density at radius 3 is 1.45 bits per heavy atom. The van der Waals surface area contributed by atoms with Gasteiger partial charge in [0, 0.05) is 32.3 Å². The van der Waals surface area contributed by atoms with Crippen LogP contribution in [0.25, 0.3) is 87.7 Å². The molecule has 7 aromatic carbocycles. The summed E-state index contributed by atoms with van der Waals surface area (Å²) in [7, 11) is 0. The first-order valence-corrected chi connectivity index (χ1v) is 14.6. The zero-order valence-electron chi connectivity index (χ0n) is 22.8. The Bertz CT molecular complexity index is 2520. The third-order valence-electron chi connectivity index (χ3n) is 9.88. The molecule has 4 heterocycles. The maximum Gasteiger partial charge on any atom is 0.244 e. The van der Waals surface area contributed by atoms with Crippen molar-refractivity contribution in [3.63, 3.8) is 0 Å². The van der Waals surface area contributed by atoms with Crippen molar-refractivity contribution in [1.29, 1.82) is 0 Å². The summed E-state index contributed by atoms with van der Waals surface area (Å²) in [5, 5.41) is 9.71. The molecule has 0 radical (unpaired) electrons. The van der Waals surface area contributed by atoms with Crippen molar-refractivity contribution < 1.29 is 8.83 Å². The second kappa shape index (κ2) is 7.13. The van der Waals surface area contributed by atoms with Gasteiger partial charge in [0.05, 0.1) is 0 Å². The van der Waals surface area contributed by atoms with E-state index in [0.29, 0.717) is 0 Å². The molecule has 11 rings (SSSR count). The monoisotopic (exact) mass is 532 g/mol. The summed E-state index contributed by atoms with van der Waals surface area (Å²) in [5.74, 6) is 0. The first-order valence-electron chi connectivity index (χ1n) is 14.6.